The number of benzene rings is 2. The summed E-state index contributed by atoms with van der Waals surface area (Å²) in [5, 5.41) is 13.3. The van der Waals surface area contributed by atoms with Crippen LogP contribution in [0.3, 0.4) is 0 Å². The Morgan fingerprint density at radius 2 is 1.81 bits per heavy atom. The summed E-state index contributed by atoms with van der Waals surface area (Å²) in [5.41, 5.74) is 1.20. The molecule has 0 aliphatic heterocycles. The minimum absolute atomic E-state index is 0.0150. The second-order valence-corrected chi connectivity index (χ2v) is 6.06. The summed E-state index contributed by atoms with van der Waals surface area (Å²) in [5.74, 6) is -0.852. The minimum atomic E-state index is -0.518. The normalized spacial score (nSPS) is 10.5. The molecule has 0 saturated heterocycles. The lowest BCUT2D eigenvalue weighted by Crippen LogP contribution is -2.27. The van der Waals surface area contributed by atoms with Gasteiger partial charge in [0.15, 0.2) is 11.5 Å². The Hall–Kier alpha value is -3.06. The summed E-state index contributed by atoms with van der Waals surface area (Å²) in [6, 6.07) is 13.6. The van der Waals surface area contributed by atoms with Gasteiger partial charge in [-0.3, -0.25) is 4.79 Å². The Labute approximate surface area is 159 Å². The number of hydrogen-bond donors (Lipinski definition) is 2. The first-order valence-corrected chi connectivity index (χ1v) is 8.48. The van der Waals surface area contributed by atoms with Gasteiger partial charge in [0.1, 0.15) is 11.6 Å². The molecule has 5 nitrogen and oxygen atoms in total. The van der Waals surface area contributed by atoms with E-state index in [1.54, 1.807) is 24.3 Å². The van der Waals surface area contributed by atoms with E-state index < -0.39 is 11.7 Å². The molecule has 2 N–H and O–H groups in total. The highest BCUT2D eigenvalue weighted by Gasteiger charge is 2.09. The van der Waals surface area contributed by atoms with E-state index in [2.05, 4.69) is 20.8 Å². The Bertz CT molecular complexity index is 951. The number of halogens is 3. The second-order valence-electron chi connectivity index (χ2n) is 5.66. The van der Waals surface area contributed by atoms with E-state index in [1.165, 1.54) is 30.3 Å². The lowest BCUT2D eigenvalue weighted by atomic mass is 10.1. The van der Waals surface area contributed by atoms with Crippen molar-refractivity contribution in [2.45, 2.75) is 6.42 Å². The number of aromatic nitrogens is 2. The molecule has 0 bridgehead atoms. The summed E-state index contributed by atoms with van der Waals surface area (Å²) in [4.78, 5) is 12.1. The number of amides is 1. The third-order valence-electron chi connectivity index (χ3n) is 3.73. The molecule has 0 aliphatic rings. The fourth-order valence-corrected chi connectivity index (χ4v) is 2.52. The van der Waals surface area contributed by atoms with Gasteiger partial charge in [0.05, 0.1) is 5.02 Å². The second kappa shape index (κ2) is 8.55. The molecule has 2 aromatic carbocycles. The van der Waals surface area contributed by atoms with E-state index in [1.807, 2.05) is 0 Å². The molecule has 3 rings (SSSR count). The average Bonchev–Trinajstić information content (AvgIpc) is 2.67. The van der Waals surface area contributed by atoms with Gasteiger partial charge in [-0.15, -0.1) is 10.2 Å². The summed E-state index contributed by atoms with van der Waals surface area (Å²) in [6.45, 7) is 0.273. The van der Waals surface area contributed by atoms with Gasteiger partial charge in [0, 0.05) is 12.2 Å². The van der Waals surface area contributed by atoms with Crippen LogP contribution in [0, 0.1) is 11.6 Å². The third-order valence-corrected chi connectivity index (χ3v) is 4.02. The molecular formula is C19H15ClF2N4O. The van der Waals surface area contributed by atoms with Crippen molar-refractivity contribution in [3.8, 4) is 0 Å². The molecule has 1 aromatic heterocycles. The molecule has 0 unspecified atom stereocenters. The first-order valence-electron chi connectivity index (χ1n) is 8.10. The number of carbonyl (C=O) groups excluding carboxylic acids is 1. The van der Waals surface area contributed by atoms with Crippen LogP contribution < -0.4 is 10.6 Å². The van der Waals surface area contributed by atoms with Crippen LogP contribution in [-0.4, -0.2) is 22.6 Å². The molecular weight excluding hydrogens is 374 g/mol. The molecule has 138 valence electrons. The zero-order valence-electron chi connectivity index (χ0n) is 14.0. The van der Waals surface area contributed by atoms with Crippen molar-refractivity contribution in [3.63, 3.8) is 0 Å². The Morgan fingerprint density at radius 3 is 2.52 bits per heavy atom. The topological polar surface area (TPSA) is 66.9 Å². The number of carbonyl (C=O) groups is 1. The van der Waals surface area contributed by atoms with E-state index in [0.29, 0.717) is 23.5 Å². The van der Waals surface area contributed by atoms with E-state index in [0.717, 1.165) is 0 Å². The van der Waals surface area contributed by atoms with Crippen molar-refractivity contribution >= 4 is 29.0 Å². The smallest absolute Gasteiger partial charge is 0.271 e. The maximum absolute atomic E-state index is 13.5. The number of anilines is 2. The van der Waals surface area contributed by atoms with Gasteiger partial charge in [0.2, 0.25) is 0 Å². The molecule has 1 heterocycles. The average molecular weight is 389 g/mol. The molecule has 0 atom stereocenters. The monoisotopic (exact) mass is 388 g/mol. The molecule has 8 heteroatoms. The highest BCUT2D eigenvalue weighted by atomic mass is 35.5. The van der Waals surface area contributed by atoms with Gasteiger partial charge in [-0.1, -0.05) is 29.8 Å². The van der Waals surface area contributed by atoms with E-state index in [4.69, 9.17) is 11.6 Å². The summed E-state index contributed by atoms with van der Waals surface area (Å²) in [7, 11) is 0. The quantitative estimate of drug-likeness (QED) is 0.666. The molecule has 27 heavy (non-hydrogen) atoms. The summed E-state index contributed by atoms with van der Waals surface area (Å²) in [6.07, 6.45) is 0.372. The number of nitrogens with zero attached hydrogens (tertiary/aromatic N) is 2. The van der Waals surface area contributed by atoms with Crippen molar-refractivity contribution < 1.29 is 13.6 Å². The highest BCUT2D eigenvalue weighted by Crippen LogP contribution is 2.21. The van der Waals surface area contributed by atoms with Gasteiger partial charge in [-0.2, -0.15) is 0 Å². The van der Waals surface area contributed by atoms with Gasteiger partial charge in [-0.05, 0) is 48.4 Å². The van der Waals surface area contributed by atoms with Crippen molar-refractivity contribution in [1.29, 1.82) is 0 Å². The molecule has 0 saturated carbocycles. The Morgan fingerprint density at radius 1 is 1.00 bits per heavy atom. The third kappa shape index (κ3) is 4.98. The van der Waals surface area contributed by atoms with Crippen LogP contribution in [0.2, 0.25) is 5.02 Å². The van der Waals surface area contributed by atoms with Gasteiger partial charge in [-0.25, -0.2) is 8.78 Å². The molecule has 0 fully saturated rings. The van der Waals surface area contributed by atoms with Gasteiger partial charge in [0.25, 0.3) is 5.91 Å². The molecule has 0 aliphatic carbocycles. The predicted octanol–water partition coefficient (Wildman–Crippen LogP) is 4.12. The van der Waals surface area contributed by atoms with Gasteiger partial charge < -0.3 is 10.6 Å². The predicted molar refractivity (Wildman–Crippen MR) is 99.2 cm³/mol. The minimum Gasteiger partial charge on any atom is -0.350 e. The number of nitrogens with one attached hydrogen (secondary N) is 2. The summed E-state index contributed by atoms with van der Waals surface area (Å²) >= 11 is 5.72. The maximum atomic E-state index is 13.5. The van der Waals surface area contributed by atoms with Crippen molar-refractivity contribution in [2.75, 3.05) is 11.9 Å². The lowest BCUT2D eigenvalue weighted by molar-refractivity contribution is 0.0948. The summed E-state index contributed by atoms with van der Waals surface area (Å²) < 4.78 is 26.7. The fraction of sp³-hybridized carbons (Fsp3) is 0.105. The highest BCUT2D eigenvalue weighted by molar-refractivity contribution is 6.31. The van der Waals surface area contributed by atoms with Crippen LogP contribution in [0.4, 0.5) is 20.3 Å². The van der Waals surface area contributed by atoms with E-state index in [9.17, 15) is 13.6 Å². The van der Waals surface area contributed by atoms with Gasteiger partial charge >= 0.3 is 0 Å². The van der Waals surface area contributed by atoms with Crippen LogP contribution in [0.15, 0.2) is 54.6 Å². The van der Waals surface area contributed by atoms with Crippen LogP contribution in [0.25, 0.3) is 0 Å². The standard InChI is InChI=1S/C19H15ClF2N4O/c20-14-11-13(5-6-16(14)22)24-18-8-7-17(25-26-18)19(27)23-10-9-12-3-1-2-4-15(12)21/h1-8,11H,9-10H2,(H,23,27)(H,24,26). The zero-order chi connectivity index (χ0) is 19.2. The van der Waals surface area contributed by atoms with E-state index in [-0.39, 0.29) is 23.1 Å². The SMILES string of the molecule is O=C(NCCc1ccccc1F)c1ccc(Nc2ccc(F)c(Cl)c2)nn1. The maximum Gasteiger partial charge on any atom is 0.271 e. The first kappa shape index (κ1) is 18.7. The fourth-order valence-electron chi connectivity index (χ4n) is 2.34. The van der Waals surface area contributed by atoms with Crippen LogP contribution in [0.1, 0.15) is 16.1 Å². The number of hydrogen-bond acceptors (Lipinski definition) is 4. The van der Waals surface area contributed by atoms with Crippen molar-refractivity contribution in [3.05, 3.63) is 82.5 Å². The lowest BCUT2D eigenvalue weighted by Gasteiger charge is -2.07. The molecule has 1 amide bonds. The molecule has 3 aromatic rings. The Balaban J connectivity index is 1.55. The first-order chi connectivity index (χ1) is 13.0. The van der Waals surface area contributed by atoms with Crippen LogP contribution in [0.5, 0.6) is 0 Å². The van der Waals surface area contributed by atoms with Crippen molar-refractivity contribution in [1.82, 2.24) is 15.5 Å². The molecule has 0 radical (unpaired) electrons. The Kier molecular flexibility index (Phi) is 5.93. The number of rotatable bonds is 6. The van der Waals surface area contributed by atoms with Crippen LogP contribution in [-0.2, 0) is 6.42 Å². The van der Waals surface area contributed by atoms with Crippen molar-refractivity contribution in [2.24, 2.45) is 0 Å². The molecule has 0 spiro atoms. The largest absolute Gasteiger partial charge is 0.350 e. The van der Waals surface area contributed by atoms with Crippen LogP contribution >= 0.6 is 11.6 Å². The van der Waals surface area contributed by atoms with E-state index >= 15 is 0 Å². The zero-order valence-corrected chi connectivity index (χ0v) is 14.8.